The van der Waals surface area contributed by atoms with Crippen molar-refractivity contribution >= 4 is 51.6 Å². The second-order valence-electron chi connectivity index (χ2n) is 8.72. The SMILES string of the molecule is NC1(C(=O)NCCOc2cc(-c3ccccc3Cl)c3ccc(=O)n(-c4c(Cl)cccc4Cl)c3c2)CC1. The molecular formula is C27H22Cl3N3O3. The maximum atomic E-state index is 13.1. The van der Waals surface area contributed by atoms with Crippen LogP contribution in [-0.2, 0) is 4.79 Å². The van der Waals surface area contributed by atoms with Gasteiger partial charge in [0.2, 0.25) is 5.91 Å². The van der Waals surface area contributed by atoms with Gasteiger partial charge in [0, 0.05) is 28.1 Å². The third kappa shape index (κ3) is 4.70. The highest BCUT2D eigenvalue weighted by molar-refractivity contribution is 6.38. The number of fused-ring (bicyclic) bond motifs is 1. The first kappa shape index (κ1) is 24.7. The summed E-state index contributed by atoms with van der Waals surface area (Å²) in [6.07, 6.45) is 1.38. The molecule has 0 bridgehead atoms. The molecule has 0 saturated heterocycles. The number of pyridine rings is 1. The first-order valence-corrected chi connectivity index (χ1v) is 12.5. The largest absolute Gasteiger partial charge is 0.492 e. The molecule has 5 rings (SSSR count). The van der Waals surface area contributed by atoms with Gasteiger partial charge < -0.3 is 15.8 Å². The van der Waals surface area contributed by atoms with Gasteiger partial charge in [0.05, 0.1) is 33.3 Å². The number of halogens is 3. The number of hydrogen-bond acceptors (Lipinski definition) is 4. The predicted molar refractivity (Wildman–Crippen MR) is 145 cm³/mol. The van der Waals surface area contributed by atoms with Gasteiger partial charge in [-0.05, 0) is 48.7 Å². The van der Waals surface area contributed by atoms with E-state index < -0.39 is 5.54 Å². The minimum Gasteiger partial charge on any atom is -0.492 e. The van der Waals surface area contributed by atoms with Crippen LogP contribution in [0.4, 0.5) is 0 Å². The lowest BCUT2D eigenvalue weighted by Crippen LogP contribution is -2.44. The van der Waals surface area contributed by atoms with E-state index in [1.165, 1.54) is 10.6 Å². The summed E-state index contributed by atoms with van der Waals surface area (Å²) >= 11 is 19.5. The molecule has 0 spiro atoms. The molecule has 1 aliphatic rings. The lowest BCUT2D eigenvalue weighted by atomic mass is 9.99. The van der Waals surface area contributed by atoms with Crippen molar-refractivity contribution in [2.24, 2.45) is 5.73 Å². The molecule has 1 amide bonds. The van der Waals surface area contributed by atoms with Gasteiger partial charge >= 0.3 is 0 Å². The van der Waals surface area contributed by atoms with Crippen molar-refractivity contribution in [3.05, 3.63) is 92.2 Å². The normalized spacial score (nSPS) is 14.0. The van der Waals surface area contributed by atoms with Gasteiger partial charge in [0.1, 0.15) is 12.4 Å². The van der Waals surface area contributed by atoms with E-state index >= 15 is 0 Å². The number of carbonyl (C=O) groups is 1. The van der Waals surface area contributed by atoms with Crippen molar-refractivity contribution < 1.29 is 9.53 Å². The fraction of sp³-hybridized carbons (Fsp3) is 0.185. The number of rotatable bonds is 7. The van der Waals surface area contributed by atoms with Crippen LogP contribution in [-0.4, -0.2) is 29.2 Å². The summed E-state index contributed by atoms with van der Waals surface area (Å²) in [4.78, 5) is 25.2. The van der Waals surface area contributed by atoms with Crippen LogP contribution in [0.25, 0.3) is 27.7 Å². The summed E-state index contributed by atoms with van der Waals surface area (Å²) in [6, 6.07) is 19.3. The smallest absolute Gasteiger partial charge is 0.255 e. The summed E-state index contributed by atoms with van der Waals surface area (Å²) in [5.74, 6) is 0.312. The Morgan fingerprint density at radius 3 is 2.33 bits per heavy atom. The summed E-state index contributed by atoms with van der Waals surface area (Å²) in [5, 5.41) is 4.79. The van der Waals surface area contributed by atoms with E-state index in [1.54, 1.807) is 36.4 Å². The number of aromatic nitrogens is 1. The average molecular weight is 543 g/mol. The Morgan fingerprint density at radius 1 is 0.944 bits per heavy atom. The van der Waals surface area contributed by atoms with Crippen molar-refractivity contribution in [3.63, 3.8) is 0 Å². The number of nitrogens with two attached hydrogens (primary N) is 1. The van der Waals surface area contributed by atoms with Crippen LogP contribution in [0.15, 0.2) is 71.5 Å². The number of nitrogens with one attached hydrogen (secondary N) is 1. The summed E-state index contributed by atoms with van der Waals surface area (Å²) in [6.45, 7) is 0.494. The lowest BCUT2D eigenvalue weighted by Gasteiger charge is -2.18. The van der Waals surface area contributed by atoms with Crippen molar-refractivity contribution in [2.45, 2.75) is 18.4 Å². The van der Waals surface area contributed by atoms with Crippen LogP contribution in [0.3, 0.4) is 0 Å². The van der Waals surface area contributed by atoms with Crippen LogP contribution in [0.2, 0.25) is 15.1 Å². The summed E-state index contributed by atoms with van der Waals surface area (Å²) < 4.78 is 7.48. The van der Waals surface area contributed by atoms with Crippen molar-refractivity contribution in [1.29, 1.82) is 0 Å². The van der Waals surface area contributed by atoms with E-state index in [-0.39, 0.29) is 24.6 Å². The molecule has 0 aliphatic heterocycles. The molecule has 1 aliphatic carbocycles. The van der Waals surface area contributed by atoms with E-state index in [1.807, 2.05) is 24.3 Å². The number of para-hydroxylation sites is 1. The zero-order valence-electron chi connectivity index (χ0n) is 19.1. The molecule has 6 nitrogen and oxygen atoms in total. The monoisotopic (exact) mass is 541 g/mol. The Balaban J connectivity index is 1.61. The Morgan fingerprint density at radius 2 is 1.64 bits per heavy atom. The molecule has 0 radical (unpaired) electrons. The highest BCUT2D eigenvalue weighted by Gasteiger charge is 2.45. The molecule has 3 aromatic carbocycles. The molecule has 184 valence electrons. The van der Waals surface area contributed by atoms with Gasteiger partial charge in [0.15, 0.2) is 0 Å². The first-order valence-electron chi connectivity index (χ1n) is 11.4. The Hall–Kier alpha value is -3.03. The Bertz CT molecular complexity index is 1530. The molecule has 0 atom stereocenters. The number of carbonyl (C=O) groups excluding carboxylic acids is 1. The third-order valence-corrected chi connectivity index (χ3v) is 7.15. The molecule has 1 aromatic heterocycles. The Labute approximate surface area is 222 Å². The zero-order valence-corrected chi connectivity index (χ0v) is 21.3. The minimum absolute atomic E-state index is 0.177. The van der Waals surface area contributed by atoms with E-state index in [2.05, 4.69) is 5.32 Å². The average Bonchev–Trinajstić information content (AvgIpc) is 3.61. The van der Waals surface area contributed by atoms with Crippen LogP contribution in [0.5, 0.6) is 5.75 Å². The van der Waals surface area contributed by atoms with Gasteiger partial charge in [-0.1, -0.05) is 59.1 Å². The zero-order chi connectivity index (χ0) is 25.4. The predicted octanol–water partition coefficient (Wildman–Crippen LogP) is 5.60. The summed E-state index contributed by atoms with van der Waals surface area (Å²) in [7, 11) is 0. The number of amides is 1. The van der Waals surface area contributed by atoms with Crippen molar-refractivity contribution in [3.8, 4) is 22.6 Å². The van der Waals surface area contributed by atoms with Crippen LogP contribution < -0.4 is 21.3 Å². The minimum atomic E-state index is -0.746. The van der Waals surface area contributed by atoms with Crippen LogP contribution in [0, 0.1) is 0 Å². The topological polar surface area (TPSA) is 86.4 Å². The highest BCUT2D eigenvalue weighted by Crippen LogP contribution is 2.38. The molecule has 1 saturated carbocycles. The quantitative estimate of drug-likeness (QED) is 0.298. The molecule has 1 heterocycles. The number of nitrogens with zero attached hydrogens (tertiary/aromatic N) is 1. The molecule has 0 unspecified atom stereocenters. The standard InChI is InChI=1S/C27H22Cl3N3O3/c28-20-5-2-1-4-17(20)19-14-16(36-13-12-32-26(35)27(31)10-11-27)15-23-18(19)8-9-24(34)33(23)25-21(29)6-3-7-22(25)30/h1-9,14-15H,10-13,31H2,(H,32,35). The lowest BCUT2D eigenvalue weighted by molar-refractivity contribution is -0.123. The molecule has 1 fully saturated rings. The fourth-order valence-electron chi connectivity index (χ4n) is 4.11. The first-order chi connectivity index (χ1) is 17.3. The second kappa shape index (κ2) is 9.79. The Kier molecular flexibility index (Phi) is 6.70. The van der Waals surface area contributed by atoms with E-state index in [4.69, 9.17) is 45.3 Å². The van der Waals surface area contributed by atoms with E-state index in [9.17, 15) is 9.59 Å². The molecule has 3 N–H and O–H groups in total. The molecule has 36 heavy (non-hydrogen) atoms. The number of ether oxygens (including phenoxy) is 1. The number of hydrogen-bond donors (Lipinski definition) is 2. The maximum absolute atomic E-state index is 13.1. The number of benzene rings is 3. The fourth-order valence-corrected chi connectivity index (χ4v) is 4.91. The van der Waals surface area contributed by atoms with Gasteiger partial charge in [0.25, 0.3) is 5.56 Å². The molecule has 4 aromatic rings. The maximum Gasteiger partial charge on any atom is 0.255 e. The van der Waals surface area contributed by atoms with Gasteiger partial charge in [-0.15, -0.1) is 0 Å². The van der Waals surface area contributed by atoms with Gasteiger partial charge in [-0.25, -0.2) is 0 Å². The van der Waals surface area contributed by atoms with Crippen molar-refractivity contribution in [1.82, 2.24) is 9.88 Å². The molecular weight excluding hydrogens is 521 g/mol. The van der Waals surface area contributed by atoms with E-state index in [0.29, 0.717) is 44.9 Å². The summed E-state index contributed by atoms with van der Waals surface area (Å²) in [5.41, 5.74) is 7.36. The van der Waals surface area contributed by atoms with Crippen LogP contribution >= 0.6 is 34.8 Å². The van der Waals surface area contributed by atoms with E-state index in [0.717, 1.165) is 16.5 Å². The highest BCUT2D eigenvalue weighted by atomic mass is 35.5. The van der Waals surface area contributed by atoms with Crippen LogP contribution in [0.1, 0.15) is 12.8 Å². The van der Waals surface area contributed by atoms with Gasteiger partial charge in [-0.2, -0.15) is 0 Å². The second-order valence-corrected chi connectivity index (χ2v) is 9.94. The van der Waals surface area contributed by atoms with Gasteiger partial charge in [-0.3, -0.25) is 14.2 Å². The third-order valence-electron chi connectivity index (χ3n) is 6.21. The molecule has 9 heteroatoms. The van der Waals surface area contributed by atoms with Crippen molar-refractivity contribution in [2.75, 3.05) is 13.2 Å².